The van der Waals surface area contributed by atoms with Gasteiger partial charge in [0.2, 0.25) is 5.95 Å². The summed E-state index contributed by atoms with van der Waals surface area (Å²) in [6.45, 7) is 7.77. The predicted molar refractivity (Wildman–Crippen MR) is 116 cm³/mol. The Morgan fingerprint density at radius 2 is 1.80 bits per heavy atom. The average Bonchev–Trinajstić information content (AvgIpc) is 2.79. The molecular weight excluding hydrogens is 380 g/mol. The summed E-state index contributed by atoms with van der Waals surface area (Å²) in [5.41, 5.74) is 3.36. The summed E-state index contributed by atoms with van der Waals surface area (Å²) < 4.78 is 17.6. The van der Waals surface area contributed by atoms with Crippen LogP contribution in [0.15, 0.2) is 24.3 Å². The first-order valence-corrected chi connectivity index (χ1v) is 10.9. The number of methoxy groups -OCH3 is 1. The number of hydrogen-bond acceptors (Lipinski definition) is 7. The highest BCUT2D eigenvalue weighted by atomic mass is 16.5. The Balaban J connectivity index is 1.38. The van der Waals surface area contributed by atoms with Gasteiger partial charge in [0.25, 0.3) is 0 Å². The molecule has 0 saturated carbocycles. The number of morpholine rings is 1. The van der Waals surface area contributed by atoms with Gasteiger partial charge in [-0.1, -0.05) is 12.1 Å². The second-order valence-electron chi connectivity index (χ2n) is 8.34. The molecule has 0 bridgehead atoms. The number of fused-ring (bicyclic) bond motifs is 2. The van der Waals surface area contributed by atoms with E-state index in [1.54, 1.807) is 7.11 Å². The number of aromatic nitrogens is 2. The maximum Gasteiger partial charge on any atom is 0.227 e. The van der Waals surface area contributed by atoms with Crippen LogP contribution in [0.1, 0.15) is 29.7 Å². The van der Waals surface area contributed by atoms with Gasteiger partial charge < -0.3 is 24.0 Å². The lowest BCUT2D eigenvalue weighted by Crippen LogP contribution is -2.47. The van der Waals surface area contributed by atoms with E-state index >= 15 is 0 Å². The Morgan fingerprint density at radius 3 is 2.57 bits per heavy atom. The van der Waals surface area contributed by atoms with Crippen molar-refractivity contribution in [1.29, 1.82) is 0 Å². The van der Waals surface area contributed by atoms with Crippen LogP contribution in [-0.2, 0) is 21.5 Å². The summed E-state index contributed by atoms with van der Waals surface area (Å²) in [6, 6.07) is 8.46. The van der Waals surface area contributed by atoms with Gasteiger partial charge in [0.1, 0.15) is 17.2 Å². The highest BCUT2D eigenvalue weighted by Crippen LogP contribution is 2.46. The van der Waals surface area contributed by atoms with Crippen molar-refractivity contribution in [1.82, 2.24) is 9.97 Å². The molecule has 0 amide bonds. The number of nitrogens with zero attached hydrogens (tertiary/aromatic N) is 4. The zero-order chi connectivity index (χ0) is 20.6. The second kappa shape index (κ2) is 8.04. The fourth-order valence-corrected chi connectivity index (χ4v) is 5.00. The summed E-state index contributed by atoms with van der Waals surface area (Å²) in [5.74, 6) is 2.78. The molecule has 3 aliphatic heterocycles. The molecule has 7 heteroatoms. The summed E-state index contributed by atoms with van der Waals surface area (Å²) in [5, 5.41) is 0. The lowest BCUT2D eigenvalue weighted by Gasteiger charge is -2.45. The minimum absolute atomic E-state index is 0.258. The Morgan fingerprint density at radius 1 is 1.00 bits per heavy atom. The van der Waals surface area contributed by atoms with Crippen LogP contribution in [-0.4, -0.2) is 63.1 Å². The number of hydrogen-bond donors (Lipinski definition) is 0. The highest BCUT2D eigenvalue weighted by Gasteiger charge is 2.43. The SMILES string of the molecule is COc1cccc2c1C1(CCN(c3cc(C)nc(N4CCOCC4)n3)CC1)OCC2. The van der Waals surface area contributed by atoms with Crippen molar-refractivity contribution in [3.63, 3.8) is 0 Å². The molecule has 4 heterocycles. The van der Waals surface area contributed by atoms with E-state index < -0.39 is 0 Å². The monoisotopic (exact) mass is 410 g/mol. The molecule has 3 aliphatic rings. The third-order valence-electron chi connectivity index (χ3n) is 6.56. The van der Waals surface area contributed by atoms with E-state index in [4.69, 9.17) is 19.2 Å². The first kappa shape index (κ1) is 19.6. The molecule has 1 aromatic carbocycles. The topological polar surface area (TPSA) is 60.0 Å². The fourth-order valence-electron chi connectivity index (χ4n) is 5.00. The Labute approximate surface area is 178 Å². The second-order valence-corrected chi connectivity index (χ2v) is 8.34. The molecule has 7 nitrogen and oxygen atoms in total. The summed E-state index contributed by atoms with van der Waals surface area (Å²) in [6.07, 6.45) is 2.80. The summed E-state index contributed by atoms with van der Waals surface area (Å²) in [7, 11) is 1.75. The normalized spacial score (nSPS) is 20.9. The van der Waals surface area contributed by atoms with Crippen molar-refractivity contribution in [3.8, 4) is 5.75 Å². The number of piperidine rings is 1. The van der Waals surface area contributed by atoms with Gasteiger partial charge >= 0.3 is 0 Å². The van der Waals surface area contributed by atoms with Crippen LogP contribution in [0.4, 0.5) is 11.8 Å². The van der Waals surface area contributed by atoms with E-state index in [-0.39, 0.29) is 5.60 Å². The van der Waals surface area contributed by atoms with Crippen LogP contribution in [0.2, 0.25) is 0 Å². The minimum Gasteiger partial charge on any atom is -0.496 e. The van der Waals surface area contributed by atoms with Gasteiger partial charge in [0.05, 0.1) is 26.9 Å². The molecule has 0 atom stereocenters. The predicted octanol–water partition coefficient (Wildman–Crippen LogP) is 2.70. The molecule has 0 aliphatic carbocycles. The third-order valence-corrected chi connectivity index (χ3v) is 6.56. The van der Waals surface area contributed by atoms with Crippen LogP contribution in [0.25, 0.3) is 0 Å². The molecule has 2 aromatic rings. The highest BCUT2D eigenvalue weighted by molar-refractivity contribution is 5.50. The van der Waals surface area contributed by atoms with E-state index in [1.165, 1.54) is 11.1 Å². The van der Waals surface area contributed by atoms with Gasteiger partial charge in [-0.2, -0.15) is 4.98 Å². The van der Waals surface area contributed by atoms with Gasteiger partial charge in [-0.05, 0) is 37.8 Å². The lowest BCUT2D eigenvalue weighted by atomic mass is 9.79. The van der Waals surface area contributed by atoms with Gasteiger partial charge in [0, 0.05) is 43.5 Å². The standard InChI is InChI=1S/C23H30N4O3/c1-17-16-20(25-22(24-17)27-11-14-29-15-12-27)26-9-7-23(8-10-26)21-18(6-13-30-23)4-3-5-19(21)28-2/h3-5,16H,6-15H2,1-2H3. The van der Waals surface area contributed by atoms with Crippen LogP contribution in [0.3, 0.4) is 0 Å². The van der Waals surface area contributed by atoms with Crippen molar-refractivity contribution < 1.29 is 14.2 Å². The molecule has 0 unspecified atom stereocenters. The van der Waals surface area contributed by atoms with Crippen molar-refractivity contribution in [2.24, 2.45) is 0 Å². The van der Waals surface area contributed by atoms with Crippen LogP contribution >= 0.6 is 0 Å². The molecule has 2 fully saturated rings. The molecule has 5 rings (SSSR count). The van der Waals surface area contributed by atoms with Gasteiger partial charge in [-0.15, -0.1) is 0 Å². The Hall–Kier alpha value is -2.38. The molecule has 160 valence electrons. The van der Waals surface area contributed by atoms with Crippen molar-refractivity contribution in [3.05, 3.63) is 41.1 Å². The first-order chi connectivity index (χ1) is 14.7. The third kappa shape index (κ3) is 3.50. The van der Waals surface area contributed by atoms with Gasteiger partial charge in [0.15, 0.2) is 0 Å². The molecule has 2 saturated heterocycles. The number of anilines is 2. The average molecular weight is 411 g/mol. The van der Waals surface area contributed by atoms with E-state index in [0.717, 1.165) is 88.5 Å². The number of rotatable bonds is 3. The quantitative estimate of drug-likeness (QED) is 0.771. The number of ether oxygens (including phenoxy) is 3. The molecule has 30 heavy (non-hydrogen) atoms. The van der Waals surface area contributed by atoms with Crippen LogP contribution < -0.4 is 14.5 Å². The van der Waals surface area contributed by atoms with E-state index in [0.29, 0.717) is 0 Å². The fraction of sp³-hybridized carbons (Fsp3) is 0.565. The first-order valence-electron chi connectivity index (χ1n) is 10.9. The smallest absolute Gasteiger partial charge is 0.227 e. The van der Waals surface area contributed by atoms with Crippen molar-refractivity contribution in [2.45, 2.75) is 31.8 Å². The summed E-state index contributed by atoms with van der Waals surface area (Å²) >= 11 is 0. The zero-order valence-electron chi connectivity index (χ0n) is 17.9. The largest absolute Gasteiger partial charge is 0.496 e. The maximum atomic E-state index is 6.44. The maximum absolute atomic E-state index is 6.44. The van der Waals surface area contributed by atoms with Crippen molar-refractivity contribution >= 4 is 11.8 Å². The zero-order valence-corrected chi connectivity index (χ0v) is 17.9. The van der Waals surface area contributed by atoms with Crippen molar-refractivity contribution in [2.75, 3.05) is 62.9 Å². The lowest BCUT2D eigenvalue weighted by molar-refractivity contribution is -0.0780. The van der Waals surface area contributed by atoms with Gasteiger partial charge in [-0.25, -0.2) is 4.98 Å². The number of aryl methyl sites for hydroxylation is 1. The van der Waals surface area contributed by atoms with Crippen LogP contribution in [0, 0.1) is 6.92 Å². The molecule has 0 N–H and O–H groups in total. The number of benzene rings is 1. The van der Waals surface area contributed by atoms with E-state index in [1.807, 2.05) is 6.92 Å². The van der Waals surface area contributed by atoms with E-state index in [2.05, 4.69) is 39.0 Å². The molecule has 1 aromatic heterocycles. The van der Waals surface area contributed by atoms with E-state index in [9.17, 15) is 0 Å². The minimum atomic E-state index is -0.258. The van der Waals surface area contributed by atoms with Crippen LogP contribution in [0.5, 0.6) is 5.75 Å². The molecular formula is C23H30N4O3. The molecule has 1 spiro atoms. The Bertz CT molecular complexity index is 891. The molecule has 0 radical (unpaired) electrons. The summed E-state index contributed by atoms with van der Waals surface area (Å²) in [4.78, 5) is 14.2. The Kier molecular flexibility index (Phi) is 5.25. The van der Waals surface area contributed by atoms with Gasteiger partial charge in [-0.3, -0.25) is 0 Å².